The smallest absolute Gasteiger partial charge is 0.416 e. The molecule has 0 saturated heterocycles. The van der Waals surface area contributed by atoms with Crippen LogP contribution in [0.4, 0.5) is 13.2 Å². The van der Waals surface area contributed by atoms with Crippen LogP contribution in [0.1, 0.15) is 21.5 Å². The second-order valence-corrected chi connectivity index (χ2v) is 8.14. The number of benzene rings is 3. The van der Waals surface area contributed by atoms with Crippen LogP contribution < -0.4 is 0 Å². The first-order valence-electron chi connectivity index (χ1n) is 9.47. The summed E-state index contributed by atoms with van der Waals surface area (Å²) >= 11 is 3.36. The van der Waals surface area contributed by atoms with Crippen molar-refractivity contribution in [3.8, 4) is 11.1 Å². The van der Waals surface area contributed by atoms with Crippen LogP contribution in [-0.2, 0) is 17.4 Å². The molecule has 3 aromatic carbocycles. The zero-order valence-corrected chi connectivity index (χ0v) is 17.9. The Kier molecular flexibility index (Phi) is 5.64. The molecule has 0 aliphatic heterocycles. The lowest BCUT2D eigenvalue weighted by molar-refractivity contribution is -0.138. The van der Waals surface area contributed by atoms with E-state index in [2.05, 4.69) is 15.9 Å². The summed E-state index contributed by atoms with van der Waals surface area (Å²) < 4.78 is 41.3. The highest BCUT2D eigenvalue weighted by Gasteiger charge is 2.30. The van der Waals surface area contributed by atoms with Crippen molar-refractivity contribution in [2.75, 3.05) is 0 Å². The normalized spacial score (nSPS) is 11.6. The maximum absolute atomic E-state index is 13.3. The van der Waals surface area contributed by atoms with E-state index < -0.39 is 23.6 Å². The van der Waals surface area contributed by atoms with E-state index >= 15 is 0 Å². The predicted molar refractivity (Wildman–Crippen MR) is 118 cm³/mol. The summed E-state index contributed by atoms with van der Waals surface area (Å²) in [6.07, 6.45) is -3.23. The van der Waals surface area contributed by atoms with Crippen molar-refractivity contribution in [1.29, 1.82) is 0 Å². The van der Waals surface area contributed by atoms with Crippen molar-refractivity contribution in [3.05, 3.63) is 94.1 Å². The van der Waals surface area contributed by atoms with Crippen LogP contribution in [0.15, 0.2) is 77.4 Å². The van der Waals surface area contributed by atoms with Crippen LogP contribution in [0.25, 0.3) is 22.0 Å². The Balaban J connectivity index is 1.77. The Hall–Kier alpha value is -3.39. The van der Waals surface area contributed by atoms with Gasteiger partial charge in [0.2, 0.25) is 0 Å². The number of nitrogens with zero attached hydrogens (tertiary/aromatic N) is 1. The molecule has 1 aromatic heterocycles. The summed E-state index contributed by atoms with van der Waals surface area (Å²) in [6, 6.07) is 16.4. The van der Waals surface area contributed by atoms with Gasteiger partial charge in [-0.15, -0.1) is 0 Å². The van der Waals surface area contributed by atoms with Crippen molar-refractivity contribution in [1.82, 2.24) is 4.57 Å². The standard InChI is InChI=1S/C24H15BrF3NO3/c25-19-7-8-21-20(12-19)17(11-22(30)31)13-29(21)23(32)16-5-1-3-14(9-16)15-4-2-6-18(10-15)24(26,27)28/h1-10,12-13H,11H2,(H,30,31). The number of carboxylic acid groups (broad SMARTS) is 1. The lowest BCUT2D eigenvalue weighted by Gasteiger charge is -2.10. The Bertz CT molecular complexity index is 1360. The van der Waals surface area contributed by atoms with Crippen LogP contribution in [0.2, 0.25) is 0 Å². The molecule has 0 spiro atoms. The molecule has 4 aromatic rings. The van der Waals surface area contributed by atoms with Crippen LogP contribution in [0, 0.1) is 0 Å². The van der Waals surface area contributed by atoms with Crippen molar-refractivity contribution in [2.24, 2.45) is 0 Å². The molecule has 4 rings (SSSR count). The minimum Gasteiger partial charge on any atom is -0.481 e. The zero-order valence-electron chi connectivity index (χ0n) is 16.4. The van der Waals surface area contributed by atoms with E-state index in [1.165, 1.54) is 22.9 Å². The summed E-state index contributed by atoms with van der Waals surface area (Å²) in [6.45, 7) is 0. The highest BCUT2D eigenvalue weighted by molar-refractivity contribution is 9.10. The Labute approximate surface area is 189 Å². The number of carbonyl (C=O) groups is 2. The molecule has 0 bridgehead atoms. The van der Waals surface area contributed by atoms with Crippen LogP contribution >= 0.6 is 15.9 Å². The third-order valence-electron chi connectivity index (χ3n) is 5.04. The van der Waals surface area contributed by atoms with Crippen LogP contribution in [0.3, 0.4) is 0 Å². The Morgan fingerprint density at radius 3 is 2.31 bits per heavy atom. The van der Waals surface area contributed by atoms with Gasteiger partial charge in [0.25, 0.3) is 5.91 Å². The number of fused-ring (bicyclic) bond motifs is 1. The third-order valence-corrected chi connectivity index (χ3v) is 5.54. The van der Waals surface area contributed by atoms with Gasteiger partial charge in [-0.1, -0.05) is 40.2 Å². The molecule has 0 aliphatic carbocycles. The molecule has 0 amide bonds. The maximum Gasteiger partial charge on any atom is 0.416 e. The van der Waals surface area contributed by atoms with E-state index in [9.17, 15) is 27.9 Å². The van der Waals surface area contributed by atoms with Gasteiger partial charge in [0.05, 0.1) is 17.5 Å². The highest BCUT2D eigenvalue weighted by Crippen LogP contribution is 2.33. The average Bonchev–Trinajstić information content (AvgIpc) is 3.09. The molecule has 1 heterocycles. The summed E-state index contributed by atoms with van der Waals surface area (Å²) in [5.74, 6) is -1.44. The summed E-state index contributed by atoms with van der Waals surface area (Å²) in [7, 11) is 0. The zero-order chi connectivity index (χ0) is 23.0. The van der Waals surface area contributed by atoms with Gasteiger partial charge in [0, 0.05) is 21.6 Å². The number of rotatable bonds is 4. The van der Waals surface area contributed by atoms with Crippen LogP contribution in [-0.4, -0.2) is 21.6 Å². The first-order chi connectivity index (χ1) is 15.1. The van der Waals surface area contributed by atoms with Crippen molar-refractivity contribution >= 4 is 38.7 Å². The average molecular weight is 502 g/mol. The van der Waals surface area contributed by atoms with Gasteiger partial charge >= 0.3 is 12.1 Å². The molecular weight excluding hydrogens is 487 g/mol. The molecule has 162 valence electrons. The third kappa shape index (κ3) is 4.31. The number of aromatic nitrogens is 1. The second-order valence-electron chi connectivity index (χ2n) is 7.22. The number of carboxylic acids is 1. The van der Waals surface area contributed by atoms with Gasteiger partial charge in [-0.05, 0) is 59.2 Å². The molecule has 0 fully saturated rings. The molecule has 0 aliphatic rings. The number of carbonyl (C=O) groups excluding carboxylic acids is 1. The van der Waals surface area contributed by atoms with E-state index in [-0.39, 0.29) is 12.0 Å². The first kappa shape index (κ1) is 21.8. The Morgan fingerprint density at radius 1 is 0.938 bits per heavy atom. The lowest BCUT2D eigenvalue weighted by atomic mass is 10.0. The number of alkyl halides is 3. The number of hydrogen-bond acceptors (Lipinski definition) is 2. The molecular formula is C24H15BrF3NO3. The molecule has 0 saturated carbocycles. The van der Waals surface area contributed by atoms with Crippen molar-refractivity contribution < 1.29 is 27.9 Å². The number of hydrogen-bond donors (Lipinski definition) is 1. The summed E-state index contributed by atoms with van der Waals surface area (Å²) in [5.41, 5.74) is 1.32. The van der Waals surface area contributed by atoms with E-state index in [1.54, 1.807) is 42.5 Å². The van der Waals surface area contributed by atoms with E-state index in [0.717, 1.165) is 16.6 Å². The fourth-order valence-electron chi connectivity index (χ4n) is 3.59. The molecule has 0 radical (unpaired) electrons. The minimum absolute atomic E-state index is 0.252. The summed E-state index contributed by atoms with van der Waals surface area (Å²) in [4.78, 5) is 24.5. The van der Waals surface area contributed by atoms with Gasteiger partial charge in [0.15, 0.2) is 0 Å². The van der Waals surface area contributed by atoms with Gasteiger partial charge in [-0.2, -0.15) is 13.2 Å². The number of aliphatic carboxylic acids is 1. The Morgan fingerprint density at radius 2 is 1.62 bits per heavy atom. The molecule has 32 heavy (non-hydrogen) atoms. The summed E-state index contributed by atoms with van der Waals surface area (Å²) in [5, 5.41) is 9.85. The molecule has 0 atom stereocenters. The van der Waals surface area contributed by atoms with Gasteiger partial charge in [0.1, 0.15) is 0 Å². The minimum atomic E-state index is -4.47. The lowest BCUT2D eigenvalue weighted by Crippen LogP contribution is -2.11. The van der Waals surface area contributed by atoms with E-state index in [1.807, 2.05) is 0 Å². The van der Waals surface area contributed by atoms with E-state index in [0.29, 0.717) is 27.6 Å². The van der Waals surface area contributed by atoms with Crippen molar-refractivity contribution in [3.63, 3.8) is 0 Å². The fraction of sp³-hybridized carbons (Fsp3) is 0.0833. The highest BCUT2D eigenvalue weighted by atomic mass is 79.9. The van der Waals surface area contributed by atoms with Gasteiger partial charge < -0.3 is 5.11 Å². The predicted octanol–water partition coefficient (Wildman–Crippen LogP) is 6.41. The molecule has 4 nitrogen and oxygen atoms in total. The topological polar surface area (TPSA) is 59.3 Å². The number of halogens is 4. The first-order valence-corrected chi connectivity index (χ1v) is 10.3. The fourth-order valence-corrected chi connectivity index (χ4v) is 3.95. The largest absolute Gasteiger partial charge is 0.481 e. The van der Waals surface area contributed by atoms with Gasteiger partial charge in [-0.3, -0.25) is 14.2 Å². The second kappa shape index (κ2) is 8.27. The van der Waals surface area contributed by atoms with Crippen molar-refractivity contribution in [2.45, 2.75) is 12.6 Å². The van der Waals surface area contributed by atoms with Gasteiger partial charge in [-0.25, -0.2) is 0 Å². The quantitative estimate of drug-likeness (QED) is 0.351. The molecule has 8 heteroatoms. The monoisotopic (exact) mass is 501 g/mol. The maximum atomic E-state index is 13.3. The molecule has 0 unspecified atom stereocenters. The van der Waals surface area contributed by atoms with E-state index in [4.69, 9.17) is 0 Å². The molecule has 1 N–H and O–H groups in total. The SMILES string of the molecule is O=C(O)Cc1cn(C(=O)c2cccc(-c3cccc(C(F)(F)F)c3)c2)c2ccc(Br)cc12. The van der Waals surface area contributed by atoms with Crippen LogP contribution in [0.5, 0.6) is 0 Å².